The second-order valence-corrected chi connectivity index (χ2v) is 8.55. The Balaban J connectivity index is 2.01. The van der Waals surface area contributed by atoms with Crippen LogP contribution in [0.25, 0.3) is 16.9 Å². The first kappa shape index (κ1) is 17.1. The van der Waals surface area contributed by atoms with Crippen molar-refractivity contribution in [2.75, 3.05) is 0 Å². The van der Waals surface area contributed by atoms with E-state index in [-0.39, 0.29) is 5.41 Å². The maximum absolute atomic E-state index is 9.62. The average molecular weight is 409 g/mol. The molecule has 0 spiro atoms. The average Bonchev–Trinajstić information content (AvgIpc) is 3.00. The highest BCUT2D eigenvalue weighted by molar-refractivity contribution is 9.10. The third-order valence-corrected chi connectivity index (χ3v) is 5.51. The number of aromatic nitrogens is 1. The first-order valence-electron chi connectivity index (χ1n) is 8.76. The molecule has 3 aromatic rings. The third kappa shape index (κ3) is 2.99. The first-order chi connectivity index (χ1) is 12.5. The molecule has 1 aliphatic rings. The van der Waals surface area contributed by atoms with Crippen LogP contribution in [0, 0.1) is 5.41 Å². The Hall–Kier alpha value is -2.33. The number of nitrogens with zero attached hydrogens (tertiary/aromatic N) is 2. The van der Waals surface area contributed by atoms with Gasteiger partial charge in [0.15, 0.2) is 0 Å². The molecule has 0 saturated carbocycles. The number of benzene rings is 2. The van der Waals surface area contributed by atoms with E-state index in [2.05, 4.69) is 94.1 Å². The molecule has 0 aliphatic heterocycles. The summed E-state index contributed by atoms with van der Waals surface area (Å²) in [6.07, 6.45) is 1.71. The fraction of sp³-hybridized carbons (Fsp3) is 0.227. The lowest BCUT2D eigenvalue weighted by Gasteiger charge is -2.31. The van der Waals surface area contributed by atoms with Crippen molar-refractivity contribution in [2.24, 2.45) is 10.6 Å². The third-order valence-electron chi connectivity index (χ3n) is 4.98. The molecule has 1 aromatic heterocycles. The number of oxime groups is 1. The van der Waals surface area contributed by atoms with E-state index in [9.17, 15) is 5.21 Å². The highest BCUT2D eigenvalue weighted by Crippen LogP contribution is 2.40. The van der Waals surface area contributed by atoms with E-state index >= 15 is 0 Å². The number of rotatable bonds is 2. The van der Waals surface area contributed by atoms with Gasteiger partial charge in [-0.25, -0.2) is 0 Å². The van der Waals surface area contributed by atoms with Crippen LogP contribution in [-0.2, 0) is 6.42 Å². The SMILES string of the molecule is CC1(C)C/C(=N/O)c2cc(-c3ccccc3)n(-c3ccc(Br)cc3)c2C1. The van der Waals surface area contributed by atoms with Gasteiger partial charge < -0.3 is 9.77 Å². The fourth-order valence-electron chi connectivity index (χ4n) is 3.83. The van der Waals surface area contributed by atoms with Gasteiger partial charge in [-0.15, -0.1) is 0 Å². The van der Waals surface area contributed by atoms with Gasteiger partial charge in [0.2, 0.25) is 0 Å². The van der Waals surface area contributed by atoms with Crippen molar-refractivity contribution in [1.82, 2.24) is 4.57 Å². The molecule has 0 fully saturated rings. The zero-order valence-corrected chi connectivity index (χ0v) is 16.5. The van der Waals surface area contributed by atoms with Crippen LogP contribution in [0.15, 0.2) is 70.3 Å². The van der Waals surface area contributed by atoms with Gasteiger partial charge in [-0.05, 0) is 54.2 Å². The monoisotopic (exact) mass is 408 g/mol. The van der Waals surface area contributed by atoms with E-state index in [1.807, 2.05) is 6.07 Å². The topological polar surface area (TPSA) is 37.5 Å². The van der Waals surface area contributed by atoms with Gasteiger partial charge >= 0.3 is 0 Å². The van der Waals surface area contributed by atoms with Crippen molar-refractivity contribution >= 4 is 21.6 Å². The van der Waals surface area contributed by atoms with E-state index in [1.165, 1.54) is 5.69 Å². The number of halogens is 1. The van der Waals surface area contributed by atoms with Crippen LogP contribution >= 0.6 is 15.9 Å². The highest BCUT2D eigenvalue weighted by Gasteiger charge is 2.34. The molecule has 132 valence electrons. The van der Waals surface area contributed by atoms with E-state index in [4.69, 9.17) is 0 Å². The minimum atomic E-state index is 0.0496. The van der Waals surface area contributed by atoms with E-state index in [1.54, 1.807) is 0 Å². The number of hydrogen-bond donors (Lipinski definition) is 1. The zero-order valence-electron chi connectivity index (χ0n) is 14.9. The van der Waals surface area contributed by atoms with Gasteiger partial charge in [0, 0.05) is 21.4 Å². The summed E-state index contributed by atoms with van der Waals surface area (Å²) in [6.45, 7) is 4.45. The summed E-state index contributed by atoms with van der Waals surface area (Å²) in [4.78, 5) is 0. The molecule has 1 heterocycles. The fourth-order valence-corrected chi connectivity index (χ4v) is 4.10. The van der Waals surface area contributed by atoms with Gasteiger partial charge in [0.1, 0.15) is 0 Å². The molecule has 26 heavy (non-hydrogen) atoms. The molecule has 0 saturated heterocycles. The van der Waals surface area contributed by atoms with Crippen LogP contribution in [0.4, 0.5) is 0 Å². The highest BCUT2D eigenvalue weighted by atomic mass is 79.9. The molecule has 3 nitrogen and oxygen atoms in total. The molecule has 0 radical (unpaired) electrons. The molecule has 1 N–H and O–H groups in total. The van der Waals surface area contributed by atoms with Crippen molar-refractivity contribution < 1.29 is 5.21 Å². The molecule has 0 amide bonds. The number of hydrogen-bond acceptors (Lipinski definition) is 2. The van der Waals surface area contributed by atoms with Crippen LogP contribution in [0.1, 0.15) is 31.5 Å². The van der Waals surface area contributed by atoms with Gasteiger partial charge in [-0.1, -0.05) is 65.3 Å². The Morgan fingerprint density at radius 3 is 2.35 bits per heavy atom. The smallest absolute Gasteiger partial charge is 0.0891 e. The lowest BCUT2D eigenvalue weighted by atomic mass is 9.76. The standard InChI is InChI=1S/C22H21BrN2O/c1-22(2)13-19(24-26)18-12-20(15-6-4-3-5-7-15)25(21(18)14-22)17-10-8-16(23)9-11-17/h3-12,26H,13-14H2,1-2H3/b24-19-. The molecule has 4 heteroatoms. The van der Waals surface area contributed by atoms with Crippen molar-refractivity contribution in [3.05, 3.63) is 76.4 Å². The summed E-state index contributed by atoms with van der Waals surface area (Å²) in [7, 11) is 0. The summed E-state index contributed by atoms with van der Waals surface area (Å²) in [5.74, 6) is 0. The second kappa shape index (κ2) is 6.44. The predicted molar refractivity (Wildman–Crippen MR) is 109 cm³/mol. The summed E-state index contributed by atoms with van der Waals surface area (Å²) in [5.41, 5.74) is 6.46. The van der Waals surface area contributed by atoms with E-state index in [0.717, 1.165) is 45.5 Å². The lowest BCUT2D eigenvalue weighted by molar-refractivity contribution is 0.305. The normalized spacial score (nSPS) is 17.3. The van der Waals surface area contributed by atoms with Crippen LogP contribution < -0.4 is 0 Å². The maximum Gasteiger partial charge on any atom is 0.0891 e. The molecular weight excluding hydrogens is 388 g/mol. The van der Waals surface area contributed by atoms with Gasteiger partial charge in [-0.3, -0.25) is 0 Å². The lowest BCUT2D eigenvalue weighted by Crippen LogP contribution is -2.28. The largest absolute Gasteiger partial charge is 0.411 e. The molecule has 1 aliphatic carbocycles. The predicted octanol–water partition coefficient (Wildman–Crippen LogP) is 6.06. The van der Waals surface area contributed by atoms with Crippen molar-refractivity contribution in [2.45, 2.75) is 26.7 Å². The second-order valence-electron chi connectivity index (χ2n) is 7.63. The molecule has 2 aromatic carbocycles. The van der Waals surface area contributed by atoms with Crippen molar-refractivity contribution in [1.29, 1.82) is 0 Å². The summed E-state index contributed by atoms with van der Waals surface area (Å²) >= 11 is 3.52. The van der Waals surface area contributed by atoms with Gasteiger partial charge in [0.05, 0.1) is 11.4 Å². The summed E-state index contributed by atoms with van der Waals surface area (Å²) < 4.78 is 3.37. The molecule has 0 atom stereocenters. The van der Waals surface area contributed by atoms with Crippen LogP contribution in [0.2, 0.25) is 0 Å². The molecule has 0 unspecified atom stereocenters. The van der Waals surface area contributed by atoms with E-state index < -0.39 is 0 Å². The number of fused-ring (bicyclic) bond motifs is 1. The van der Waals surface area contributed by atoms with Gasteiger partial charge in [0.25, 0.3) is 0 Å². The molecule has 0 bridgehead atoms. The quantitative estimate of drug-likeness (QED) is 0.406. The minimum Gasteiger partial charge on any atom is -0.411 e. The molecular formula is C22H21BrN2O. The Morgan fingerprint density at radius 2 is 1.69 bits per heavy atom. The van der Waals surface area contributed by atoms with Crippen molar-refractivity contribution in [3.63, 3.8) is 0 Å². The summed E-state index contributed by atoms with van der Waals surface area (Å²) in [5, 5.41) is 13.3. The Kier molecular flexibility index (Phi) is 4.23. The Labute approximate surface area is 162 Å². The van der Waals surface area contributed by atoms with Crippen molar-refractivity contribution in [3.8, 4) is 16.9 Å². The Bertz CT molecular complexity index is 969. The summed E-state index contributed by atoms with van der Waals surface area (Å²) in [6, 6.07) is 20.9. The maximum atomic E-state index is 9.62. The Morgan fingerprint density at radius 1 is 1.00 bits per heavy atom. The van der Waals surface area contributed by atoms with Crippen LogP contribution in [-0.4, -0.2) is 15.5 Å². The van der Waals surface area contributed by atoms with Crippen LogP contribution in [0.5, 0.6) is 0 Å². The molecule has 4 rings (SSSR count). The zero-order chi connectivity index (χ0) is 18.3. The van der Waals surface area contributed by atoms with Crippen LogP contribution in [0.3, 0.4) is 0 Å². The first-order valence-corrected chi connectivity index (χ1v) is 9.55. The van der Waals surface area contributed by atoms with Gasteiger partial charge in [-0.2, -0.15) is 0 Å². The minimum absolute atomic E-state index is 0.0496. The van der Waals surface area contributed by atoms with E-state index in [0.29, 0.717) is 0 Å².